The molecule has 0 radical (unpaired) electrons. The van der Waals surface area contributed by atoms with Crippen molar-refractivity contribution in [3.63, 3.8) is 0 Å². The van der Waals surface area contributed by atoms with Gasteiger partial charge in [-0.3, -0.25) is 9.59 Å². The van der Waals surface area contributed by atoms with Gasteiger partial charge in [0.1, 0.15) is 11.1 Å². The summed E-state index contributed by atoms with van der Waals surface area (Å²) in [6.45, 7) is 0.495. The quantitative estimate of drug-likeness (QED) is 0.256. The second-order valence-corrected chi connectivity index (χ2v) is 10.4. The molecule has 0 aromatic heterocycles. The first kappa shape index (κ1) is 25.2. The molecule has 1 N–H and O–H groups in total. The minimum Gasteiger partial charge on any atom is -0.455 e. The zero-order chi connectivity index (χ0) is 25.8. The lowest BCUT2D eigenvalue weighted by Crippen LogP contribution is -2.27. The molecule has 1 aliphatic rings. The van der Waals surface area contributed by atoms with Gasteiger partial charge >= 0.3 is 0 Å². The zero-order valence-corrected chi connectivity index (χ0v) is 21.9. The molecule has 1 aliphatic heterocycles. The Balaban J connectivity index is 1.30. The predicted octanol–water partition coefficient (Wildman–Crippen LogP) is 7.81. The van der Waals surface area contributed by atoms with Crippen LogP contribution in [0.4, 0.5) is 5.69 Å². The summed E-state index contributed by atoms with van der Waals surface area (Å²) in [6, 6.07) is 29.2. The largest absolute Gasteiger partial charge is 0.455 e. The van der Waals surface area contributed by atoms with E-state index in [0.717, 1.165) is 11.1 Å². The maximum atomic E-state index is 13.1. The van der Waals surface area contributed by atoms with E-state index in [1.54, 1.807) is 42.1 Å². The molecule has 4 aromatic rings. The molecular weight excluding hydrogens is 527 g/mol. The van der Waals surface area contributed by atoms with Crippen LogP contribution < -0.4 is 10.1 Å². The number of amides is 2. The highest BCUT2D eigenvalue weighted by Gasteiger charge is 2.32. The third kappa shape index (κ3) is 6.10. The van der Waals surface area contributed by atoms with Crippen molar-refractivity contribution in [1.29, 1.82) is 0 Å². The number of carbonyl (C=O) groups excluding carboxylic acids is 2. The minimum absolute atomic E-state index is 0.0821. The second-order valence-electron chi connectivity index (χ2n) is 8.44. The van der Waals surface area contributed by atoms with Crippen molar-refractivity contribution in [2.45, 2.75) is 11.9 Å². The number of hydrogen-bond donors (Lipinski definition) is 1. The van der Waals surface area contributed by atoms with Gasteiger partial charge < -0.3 is 15.0 Å². The molecule has 37 heavy (non-hydrogen) atoms. The lowest BCUT2D eigenvalue weighted by molar-refractivity contribution is -0.128. The van der Waals surface area contributed by atoms with Gasteiger partial charge in [0.2, 0.25) is 5.91 Å². The van der Waals surface area contributed by atoms with Crippen LogP contribution in [0.5, 0.6) is 11.5 Å². The van der Waals surface area contributed by atoms with Crippen molar-refractivity contribution in [3.8, 4) is 11.5 Å². The summed E-state index contributed by atoms with van der Waals surface area (Å²) in [5.41, 5.74) is 2.91. The van der Waals surface area contributed by atoms with Crippen LogP contribution in [0.2, 0.25) is 10.0 Å². The van der Waals surface area contributed by atoms with E-state index >= 15 is 0 Å². The van der Waals surface area contributed by atoms with Gasteiger partial charge in [0.15, 0.2) is 5.75 Å². The maximum Gasteiger partial charge on any atom is 0.255 e. The van der Waals surface area contributed by atoms with E-state index in [1.165, 1.54) is 0 Å². The van der Waals surface area contributed by atoms with E-state index in [2.05, 4.69) is 5.32 Å². The van der Waals surface area contributed by atoms with Gasteiger partial charge in [-0.25, -0.2) is 0 Å². The molecule has 0 aliphatic carbocycles. The van der Waals surface area contributed by atoms with Crippen LogP contribution >= 0.6 is 35.0 Å². The summed E-state index contributed by atoms with van der Waals surface area (Å²) in [7, 11) is 0. The van der Waals surface area contributed by atoms with Crippen LogP contribution in [0.15, 0.2) is 97.1 Å². The highest BCUT2D eigenvalue weighted by Crippen LogP contribution is 2.40. The van der Waals surface area contributed by atoms with Crippen LogP contribution in [-0.4, -0.2) is 22.5 Å². The number of hydrogen-bond acceptors (Lipinski definition) is 4. The van der Waals surface area contributed by atoms with Crippen molar-refractivity contribution in [2.75, 3.05) is 11.1 Å². The number of benzene rings is 4. The summed E-state index contributed by atoms with van der Waals surface area (Å²) in [6.07, 6.45) is 0. The first-order valence-electron chi connectivity index (χ1n) is 11.6. The van der Waals surface area contributed by atoms with Crippen LogP contribution in [0.25, 0.3) is 0 Å². The Labute approximate surface area is 229 Å². The monoisotopic (exact) mass is 548 g/mol. The summed E-state index contributed by atoms with van der Waals surface area (Å²) < 4.78 is 5.94. The zero-order valence-electron chi connectivity index (χ0n) is 19.6. The minimum atomic E-state index is -0.292. The lowest BCUT2D eigenvalue weighted by Gasteiger charge is -2.24. The van der Waals surface area contributed by atoms with Crippen molar-refractivity contribution in [3.05, 3.63) is 124 Å². The third-order valence-corrected chi connectivity index (χ3v) is 7.60. The molecule has 5 rings (SSSR count). The first-order valence-corrected chi connectivity index (χ1v) is 13.4. The fourth-order valence-electron chi connectivity index (χ4n) is 3.99. The van der Waals surface area contributed by atoms with E-state index < -0.39 is 0 Å². The number of carbonyl (C=O) groups is 2. The average molecular weight is 549 g/mol. The Morgan fingerprint density at radius 1 is 0.919 bits per heavy atom. The smallest absolute Gasteiger partial charge is 0.255 e. The SMILES string of the molecule is O=C(Nc1cc(Cl)ccc1Oc1ccccc1)c1ccc([C@@H]2SCC(=O)N2Cc2ccc(Cl)cc2)cc1. The highest BCUT2D eigenvalue weighted by molar-refractivity contribution is 8.00. The molecule has 4 aromatic carbocycles. The molecule has 8 heteroatoms. The standard InChI is InChI=1S/C29H22Cl2N2O3S/c30-22-12-6-19(7-13-22)17-33-27(34)18-37-29(33)21-10-8-20(9-11-21)28(35)32-25-16-23(31)14-15-26(25)36-24-4-2-1-3-5-24/h1-16,29H,17-18H2,(H,32,35)/t29-/m0/s1. The molecule has 186 valence electrons. The Hall–Kier alpha value is -3.45. The summed E-state index contributed by atoms with van der Waals surface area (Å²) in [5, 5.41) is 3.92. The van der Waals surface area contributed by atoms with Gasteiger partial charge in [-0.1, -0.05) is 65.7 Å². The predicted molar refractivity (Wildman–Crippen MR) is 150 cm³/mol. The van der Waals surface area contributed by atoms with Crippen LogP contribution in [0, 0.1) is 0 Å². The van der Waals surface area contributed by atoms with Gasteiger partial charge in [0.05, 0.1) is 11.4 Å². The number of halogens is 2. The van der Waals surface area contributed by atoms with Crippen LogP contribution in [0.3, 0.4) is 0 Å². The summed E-state index contributed by atoms with van der Waals surface area (Å²) in [5.74, 6) is 1.34. The number of thioether (sulfide) groups is 1. The molecule has 1 atom stereocenters. The normalized spacial score (nSPS) is 15.0. The molecule has 1 saturated heterocycles. The van der Waals surface area contributed by atoms with Crippen LogP contribution in [0.1, 0.15) is 26.9 Å². The van der Waals surface area contributed by atoms with Gasteiger partial charge in [-0.15, -0.1) is 11.8 Å². The molecule has 0 bridgehead atoms. The molecular formula is C29H22Cl2N2O3S. The van der Waals surface area contributed by atoms with Crippen molar-refractivity contribution < 1.29 is 14.3 Å². The van der Waals surface area contributed by atoms with Crippen molar-refractivity contribution >= 4 is 52.5 Å². The van der Waals surface area contributed by atoms with Gasteiger partial charge in [-0.2, -0.15) is 0 Å². The average Bonchev–Trinajstić information content (AvgIpc) is 3.27. The van der Waals surface area contributed by atoms with E-state index in [9.17, 15) is 9.59 Å². The Morgan fingerprint density at radius 2 is 1.62 bits per heavy atom. The maximum absolute atomic E-state index is 13.1. The first-order chi connectivity index (χ1) is 18.0. The van der Waals surface area contributed by atoms with E-state index in [0.29, 0.717) is 45.1 Å². The lowest BCUT2D eigenvalue weighted by atomic mass is 10.1. The molecule has 5 nitrogen and oxygen atoms in total. The fraction of sp³-hybridized carbons (Fsp3) is 0.103. The molecule has 1 fully saturated rings. The molecule has 1 heterocycles. The van der Waals surface area contributed by atoms with Crippen molar-refractivity contribution in [1.82, 2.24) is 4.90 Å². The number of nitrogens with one attached hydrogen (secondary N) is 1. The summed E-state index contributed by atoms with van der Waals surface area (Å²) >= 11 is 13.8. The Morgan fingerprint density at radius 3 is 2.35 bits per heavy atom. The molecule has 2 amide bonds. The van der Waals surface area contributed by atoms with E-state index in [4.69, 9.17) is 27.9 Å². The number of para-hydroxylation sites is 1. The number of anilines is 1. The topological polar surface area (TPSA) is 58.6 Å². The number of ether oxygens (including phenoxy) is 1. The number of rotatable bonds is 7. The van der Waals surface area contributed by atoms with Gasteiger partial charge in [-0.05, 0) is 65.7 Å². The highest BCUT2D eigenvalue weighted by atomic mass is 35.5. The Kier molecular flexibility index (Phi) is 7.70. The van der Waals surface area contributed by atoms with Gasteiger partial charge in [0, 0.05) is 22.2 Å². The Bertz CT molecular complexity index is 1410. The van der Waals surface area contributed by atoms with Gasteiger partial charge in [0.25, 0.3) is 5.91 Å². The second kappa shape index (κ2) is 11.3. The number of nitrogens with zero attached hydrogens (tertiary/aromatic N) is 1. The van der Waals surface area contributed by atoms with E-state index in [-0.39, 0.29) is 17.2 Å². The fourth-order valence-corrected chi connectivity index (χ4v) is 5.47. The molecule has 0 unspecified atom stereocenters. The molecule has 0 saturated carbocycles. The van der Waals surface area contributed by atoms with E-state index in [1.807, 2.05) is 71.6 Å². The van der Waals surface area contributed by atoms with Crippen molar-refractivity contribution in [2.24, 2.45) is 0 Å². The summed E-state index contributed by atoms with van der Waals surface area (Å²) in [4.78, 5) is 27.5. The molecule has 0 spiro atoms. The third-order valence-electron chi connectivity index (χ3n) is 5.85. The van der Waals surface area contributed by atoms with Crippen LogP contribution in [-0.2, 0) is 11.3 Å².